The Morgan fingerprint density at radius 1 is 1.19 bits per heavy atom. The molecule has 0 aliphatic carbocycles. The Morgan fingerprint density at radius 3 is 2.78 bits per heavy atom. The Kier molecular flexibility index (Phi) is 4.62. The molecule has 138 valence electrons. The Hall–Kier alpha value is -3.15. The number of benzene rings is 2. The van der Waals surface area contributed by atoms with Crippen molar-refractivity contribution in [1.82, 2.24) is 9.88 Å². The van der Waals surface area contributed by atoms with E-state index in [0.29, 0.717) is 31.8 Å². The molecule has 4 rings (SSSR count). The smallest absolute Gasteiger partial charge is 0.257 e. The van der Waals surface area contributed by atoms with Gasteiger partial charge in [0.05, 0.1) is 12.1 Å². The SMILES string of the molecule is O=C(c1ccc(F)cc1O)N1CCc2oc(CCc3ccccc3)nc2C1. The van der Waals surface area contributed by atoms with Crippen molar-refractivity contribution < 1.29 is 18.7 Å². The van der Waals surface area contributed by atoms with Crippen LogP contribution < -0.4 is 0 Å². The van der Waals surface area contributed by atoms with E-state index in [1.54, 1.807) is 4.90 Å². The number of aryl methyl sites for hydroxylation is 2. The monoisotopic (exact) mass is 366 g/mol. The van der Waals surface area contributed by atoms with Crippen LogP contribution in [0.1, 0.15) is 33.3 Å². The zero-order valence-electron chi connectivity index (χ0n) is 14.7. The maximum absolute atomic E-state index is 13.1. The first kappa shape index (κ1) is 17.3. The molecule has 6 heteroatoms. The van der Waals surface area contributed by atoms with Gasteiger partial charge in [-0.1, -0.05) is 30.3 Å². The number of aromatic hydroxyl groups is 1. The quantitative estimate of drug-likeness (QED) is 0.767. The lowest BCUT2D eigenvalue weighted by Gasteiger charge is -2.25. The lowest BCUT2D eigenvalue weighted by molar-refractivity contribution is 0.0724. The van der Waals surface area contributed by atoms with Crippen LogP contribution in [0.5, 0.6) is 5.75 Å². The molecule has 0 spiro atoms. The lowest BCUT2D eigenvalue weighted by Crippen LogP contribution is -2.35. The fourth-order valence-corrected chi connectivity index (χ4v) is 3.28. The van der Waals surface area contributed by atoms with E-state index in [1.165, 1.54) is 17.7 Å². The molecule has 1 aliphatic rings. The third-order valence-electron chi connectivity index (χ3n) is 4.72. The van der Waals surface area contributed by atoms with Crippen molar-refractivity contribution in [2.75, 3.05) is 6.54 Å². The highest BCUT2D eigenvalue weighted by atomic mass is 19.1. The molecular formula is C21H19FN2O3. The summed E-state index contributed by atoms with van der Waals surface area (Å²) in [6, 6.07) is 13.5. The molecule has 1 aromatic heterocycles. The standard InChI is InChI=1S/C21H19FN2O3/c22-15-7-8-16(18(25)12-15)21(26)24-11-10-19-17(13-24)23-20(27-19)9-6-14-4-2-1-3-5-14/h1-5,7-8,12,25H,6,9-11,13H2. The van der Waals surface area contributed by atoms with Crippen molar-refractivity contribution in [2.45, 2.75) is 25.8 Å². The zero-order chi connectivity index (χ0) is 18.8. The summed E-state index contributed by atoms with van der Waals surface area (Å²) < 4.78 is 19.0. The predicted octanol–water partition coefficient (Wildman–Crippen LogP) is 3.50. The van der Waals surface area contributed by atoms with Crippen molar-refractivity contribution in [3.63, 3.8) is 0 Å². The highest BCUT2D eigenvalue weighted by Gasteiger charge is 2.27. The van der Waals surface area contributed by atoms with Crippen LogP contribution >= 0.6 is 0 Å². The van der Waals surface area contributed by atoms with E-state index in [4.69, 9.17) is 4.42 Å². The molecule has 0 saturated carbocycles. The van der Waals surface area contributed by atoms with E-state index in [-0.39, 0.29) is 17.2 Å². The van der Waals surface area contributed by atoms with E-state index in [1.807, 2.05) is 18.2 Å². The number of aromatic nitrogens is 1. The number of phenols is 1. The zero-order valence-corrected chi connectivity index (χ0v) is 14.7. The number of amides is 1. The summed E-state index contributed by atoms with van der Waals surface area (Å²) in [5.41, 5.74) is 2.06. The van der Waals surface area contributed by atoms with Gasteiger partial charge in [0.2, 0.25) is 0 Å². The minimum Gasteiger partial charge on any atom is -0.507 e. The average molecular weight is 366 g/mol. The van der Waals surface area contributed by atoms with Gasteiger partial charge in [-0.25, -0.2) is 9.37 Å². The van der Waals surface area contributed by atoms with Gasteiger partial charge in [-0.15, -0.1) is 0 Å². The van der Waals surface area contributed by atoms with Crippen LogP contribution in [0.25, 0.3) is 0 Å². The van der Waals surface area contributed by atoms with Crippen LogP contribution in [0.2, 0.25) is 0 Å². The van der Waals surface area contributed by atoms with Crippen LogP contribution in [0.15, 0.2) is 52.9 Å². The lowest BCUT2D eigenvalue weighted by atomic mass is 10.1. The molecule has 0 atom stereocenters. The second-order valence-corrected chi connectivity index (χ2v) is 6.60. The molecule has 3 aromatic rings. The van der Waals surface area contributed by atoms with Gasteiger partial charge in [0, 0.05) is 25.5 Å². The third-order valence-corrected chi connectivity index (χ3v) is 4.72. The first-order valence-corrected chi connectivity index (χ1v) is 8.89. The molecular weight excluding hydrogens is 347 g/mol. The molecule has 0 saturated heterocycles. The molecule has 2 aromatic carbocycles. The number of fused-ring (bicyclic) bond motifs is 1. The fraction of sp³-hybridized carbons (Fsp3) is 0.238. The van der Waals surface area contributed by atoms with Crippen LogP contribution in [0.3, 0.4) is 0 Å². The number of carbonyl (C=O) groups excluding carboxylic acids is 1. The van der Waals surface area contributed by atoms with Gasteiger partial charge >= 0.3 is 0 Å². The third kappa shape index (κ3) is 3.69. The predicted molar refractivity (Wildman–Crippen MR) is 96.9 cm³/mol. The second-order valence-electron chi connectivity index (χ2n) is 6.60. The van der Waals surface area contributed by atoms with Crippen molar-refractivity contribution in [2.24, 2.45) is 0 Å². The Labute approximate surface area is 156 Å². The molecule has 5 nitrogen and oxygen atoms in total. The van der Waals surface area contributed by atoms with E-state index >= 15 is 0 Å². The summed E-state index contributed by atoms with van der Waals surface area (Å²) in [5.74, 6) is 0.208. The summed E-state index contributed by atoms with van der Waals surface area (Å²) in [7, 11) is 0. The van der Waals surface area contributed by atoms with Crippen molar-refractivity contribution in [3.05, 3.63) is 82.8 Å². The van der Waals surface area contributed by atoms with Gasteiger partial charge in [0.25, 0.3) is 5.91 Å². The van der Waals surface area contributed by atoms with E-state index < -0.39 is 5.82 Å². The normalized spacial score (nSPS) is 13.4. The van der Waals surface area contributed by atoms with Crippen molar-refractivity contribution >= 4 is 5.91 Å². The van der Waals surface area contributed by atoms with Gasteiger partial charge in [0.15, 0.2) is 5.89 Å². The number of phenolic OH excluding ortho intramolecular Hbond substituents is 1. The summed E-state index contributed by atoms with van der Waals surface area (Å²) >= 11 is 0. The molecule has 1 aliphatic heterocycles. The van der Waals surface area contributed by atoms with Gasteiger partial charge in [-0.2, -0.15) is 0 Å². The van der Waals surface area contributed by atoms with Crippen molar-refractivity contribution in [1.29, 1.82) is 0 Å². The van der Waals surface area contributed by atoms with Crippen LogP contribution in [-0.4, -0.2) is 27.4 Å². The second kappa shape index (κ2) is 7.23. The Morgan fingerprint density at radius 2 is 2.00 bits per heavy atom. The molecule has 0 fully saturated rings. The van der Waals surface area contributed by atoms with Gasteiger partial charge in [-0.05, 0) is 24.1 Å². The highest BCUT2D eigenvalue weighted by molar-refractivity contribution is 5.96. The Bertz CT molecular complexity index is 969. The van der Waals surface area contributed by atoms with Crippen molar-refractivity contribution in [3.8, 4) is 5.75 Å². The largest absolute Gasteiger partial charge is 0.507 e. The maximum Gasteiger partial charge on any atom is 0.257 e. The minimum atomic E-state index is -0.579. The molecule has 0 bridgehead atoms. The fourth-order valence-electron chi connectivity index (χ4n) is 3.28. The van der Waals surface area contributed by atoms with E-state index in [9.17, 15) is 14.3 Å². The minimum absolute atomic E-state index is 0.0904. The summed E-state index contributed by atoms with van der Waals surface area (Å²) in [4.78, 5) is 18.8. The molecule has 27 heavy (non-hydrogen) atoms. The first-order valence-electron chi connectivity index (χ1n) is 8.89. The average Bonchev–Trinajstić information content (AvgIpc) is 3.09. The molecule has 1 N–H and O–H groups in total. The van der Waals surface area contributed by atoms with Gasteiger partial charge in [-0.3, -0.25) is 4.79 Å². The number of halogens is 1. The first-order chi connectivity index (χ1) is 13.1. The van der Waals surface area contributed by atoms with Gasteiger partial charge in [0.1, 0.15) is 23.0 Å². The molecule has 0 unspecified atom stereocenters. The van der Waals surface area contributed by atoms with Crippen LogP contribution in [0.4, 0.5) is 4.39 Å². The molecule has 2 heterocycles. The summed E-state index contributed by atoms with van der Waals surface area (Å²) in [5, 5.41) is 9.85. The number of carbonyl (C=O) groups is 1. The topological polar surface area (TPSA) is 66.6 Å². The van der Waals surface area contributed by atoms with Crippen LogP contribution in [-0.2, 0) is 25.8 Å². The van der Waals surface area contributed by atoms with E-state index in [2.05, 4.69) is 17.1 Å². The number of oxazole rings is 1. The maximum atomic E-state index is 13.1. The molecule has 1 amide bonds. The van der Waals surface area contributed by atoms with Gasteiger partial charge < -0.3 is 14.4 Å². The number of nitrogens with zero attached hydrogens (tertiary/aromatic N) is 2. The van der Waals surface area contributed by atoms with E-state index in [0.717, 1.165) is 23.9 Å². The summed E-state index contributed by atoms with van der Waals surface area (Å²) in [6.07, 6.45) is 2.11. The number of hydrogen-bond acceptors (Lipinski definition) is 4. The number of rotatable bonds is 4. The van der Waals surface area contributed by atoms with Crippen LogP contribution in [0, 0.1) is 5.82 Å². The number of hydrogen-bond donors (Lipinski definition) is 1. The Balaban J connectivity index is 1.45. The summed E-state index contributed by atoms with van der Waals surface area (Å²) in [6.45, 7) is 0.787. The highest BCUT2D eigenvalue weighted by Crippen LogP contribution is 2.25. The molecule has 0 radical (unpaired) electrons.